The highest BCUT2D eigenvalue weighted by Gasteiger charge is 2.25. The molecule has 0 saturated carbocycles. The first-order valence-corrected chi connectivity index (χ1v) is 19.6. The van der Waals surface area contributed by atoms with E-state index in [0.29, 0.717) is 27.7 Å². The summed E-state index contributed by atoms with van der Waals surface area (Å²) < 4.78 is 192. The van der Waals surface area contributed by atoms with Gasteiger partial charge in [0.15, 0.2) is 11.6 Å². The van der Waals surface area contributed by atoms with Gasteiger partial charge in [0, 0.05) is 43.6 Å². The van der Waals surface area contributed by atoms with Crippen LogP contribution in [0.4, 0.5) is 0 Å². The standard InChI is InChI=1S/C57H35N5O/c1-4-17-36(18-5-1)39-23-14-24-40(35-39)61-48-30-12-10-25-42(48)44-33-34-45-43-26-11-13-31-49(43)62(53(45)52(44)61)57-59-55(38-21-8-3-9-22-38)58-56(60-57)47-29-15-28-46-51-41(37-19-6-2-7-20-37)27-16-32-50(51)63-54(46)47/h1-35H/i1D,3D,4D,5D,10D,11D,12D,13D,14D,17D,18D,23D,24D,25D,26D,30D,31D,33D,34D,35D. The van der Waals surface area contributed by atoms with Crippen molar-refractivity contribution in [3.05, 3.63) is 212 Å². The summed E-state index contributed by atoms with van der Waals surface area (Å²) in [5.41, 5.74) is -0.745. The van der Waals surface area contributed by atoms with Crippen molar-refractivity contribution in [2.45, 2.75) is 0 Å². The summed E-state index contributed by atoms with van der Waals surface area (Å²) in [7, 11) is 0. The molecule has 0 radical (unpaired) electrons. The van der Waals surface area contributed by atoms with Crippen LogP contribution in [0.25, 0.3) is 122 Å². The molecule has 6 nitrogen and oxygen atoms in total. The quantitative estimate of drug-likeness (QED) is 0.168. The minimum atomic E-state index is -0.964. The summed E-state index contributed by atoms with van der Waals surface area (Å²) in [6.07, 6.45) is 0. The molecule has 0 fully saturated rings. The fourth-order valence-corrected chi connectivity index (χ4v) is 8.31. The van der Waals surface area contributed by atoms with Crippen LogP contribution in [0.1, 0.15) is 27.4 Å². The Bertz CT molecular complexity index is 5070. The van der Waals surface area contributed by atoms with E-state index in [2.05, 4.69) is 0 Å². The van der Waals surface area contributed by atoms with E-state index in [-0.39, 0.29) is 39.5 Å². The van der Waals surface area contributed by atoms with Gasteiger partial charge in [0.1, 0.15) is 11.2 Å². The van der Waals surface area contributed by atoms with Gasteiger partial charge < -0.3 is 8.98 Å². The summed E-state index contributed by atoms with van der Waals surface area (Å²) in [5, 5.41) is -0.213. The Morgan fingerprint density at radius 3 is 1.86 bits per heavy atom. The normalized spacial score (nSPS) is 16.3. The molecule has 0 atom stereocenters. The summed E-state index contributed by atoms with van der Waals surface area (Å²) in [6, 6.07) is 11.1. The number of furan rings is 1. The Labute approximate surface area is 389 Å². The van der Waals surface area contributed by atoms with Gasteiger partial charge in [-0.2, -0.15) is 9.97 Å². The van der Waals surface area contributed by atoms with Crippen LogP contribution in [0.5, 0.6) is 0 Å². The van der Waals surface area contributed by atoms with Crippen LogP contribution in [0.3, 0.4) is 0 Å². The number of fused-ring (bicyclic) bond motifs is 10. The molecule has 0 spiro atoms. The molecule has 4 heterocycles. The van der Waals surface area contributed by atoms with E-state index >= 15 is 0 Å². The van der Waals surface area contributed by atoms with Gasteiger partial charge in [-0.15, -0.1) is 0 Å². The number of aromatic nitrogens is 5. The molecule has 9 aromatic carbocycles. The maximum atomic E-state index is 9.95. The van der Waals surface area contributed by atoms with Gasteiger partial charge in [-0.1, -0.05) is 176 Å². The number of benzene rings is 9. The van der Waals surface area contributed by atoms with Crippen LogP contribution in [-0.4, -0.2) is 24.1 Å². The zero-order chi connectivity index (χ0) is 58.8. The van der Waals surface area contributed by atoms with Crippen molar-refractivity contribution in [2.24, 2.45) is 0 Å². The highest BCUT2D eigenvalue weighted by molar-refractivity contribution is 6.24. The lowest BCUT2D eigenvalue weighted by molar-refractivity contribution is 0.669. The van der Waals surface area contributed by atoms with Gasteiger partial charge >= 0.3 is 0 Å². The maximum absolute atomic E-state index is 9.95. The molecule has 0 bridgehead atoms. The Hall–Kier alpha value is -8.61. The lowest BCUT2D eigenvalue weighted by Crippen LogP contribution is -2.07. The number of para-hydroxylation sites is 3. The highest BCUT2D eigenvalue weighted by Crippen LogP contribution is 2.43. The number of hydrogen-bond acceptors (Lipinski definition) is 4. The van der Waals surface area contributed by atoms with Gasteiger partial charge in [0.2, 0.25) is 5.95 Å². The molecular weight excluding hydrogens is 771 g/mol. The molecule has 4 aromatic heterocycles. The van der Waals surface area contributed by atoms with Crippen LogP contribution in [-0.2, 0) is 0 Å². The number of hydrogen-bond donors (Lipinski definition) is 0. The average molecular weight is 826 g/mol. The summed E-state index contributed by atoms with van der Waals surface area (Å²) in [6.45, 7) is 0. The van der Waals surface area contributed by atoms with E-state index in [4.69, 9.17) is 34.4 Å². The molecular formula is C57H35N5O. The minimum Gasteiger partial charge on any atom is -0.455 e. The van der Waals surface area contributed by atoms with Gasteiger partial charge in [-0.25, -0.2) is 4.98 Å². The third kappa shape index (κ3) is 5.48. The fraction of sp³-hybridized carbons (Fsp3) is 0. The van der Waals surface area contributed by atoms with Crippen molar-refractivity contribution in [1.82, 2.24) is 24.1 Å². The molecule has 0 unspecified atom stereocenters. The second-order valence-corrected chi connectivity index (χ2v) is 14.4. The van der Waals surface area contributed by atoms with E-state index in [1.165, 1.54) is 12.1 Å². The van der Waals surface area contributed by atoms with E-state index in [9.17, 15) is 12.3 Å². The molecule has 0 aliphatic carbocycles. The molecule has 0 saturated heterocycles. The molecule has 294 valence electrons. The monoisotopic (exact) mass is 825 g/mol. The molecule has 0 amide bonds. The second kappa shape index (κ2) is 14.0. The van der Waals surface area contributed by atoms with Gasteiger partial charge in [0.05, 0.1) is 55.0 Å². The van der Waals surface area contributed by atoms with Gasteiger partial charge in [-0.05, 0) is 58.6 Å². The first kappa shape index (κ1) is 20.8. The Morgan fingerprint density at radius 1 is 0.413 bits per heavy atom. The fourth-order valence-electron chi connectivity index (χ4n) is 8.31. The highest BCUT2D eigenvalue weighted by atomic mass is 16.3. The van der Waals surface area contributed by atoms with E-state index in [0.717, 1.165) is 25.6 Å². The van der Waals surface area contributed by atoms with Gasteiger partial charge in [-0.3, -0.25) is 4.57 Å². The Morgan fingerprint density at radius 2 is 1.06 bits per heavy atom. The van der Waals surface area contributed by atoms with E-state index in [1.807, 2.05) is 54.6 Å². The summed E-state index contributed by atoms with van der Waals surface area (Å²) >= 11 is 0. The van der Waals surface area contributed by atoms with Crippen molar-refractivity contribution in [2.75, 3.05) is 0 Å². The number of nitrogens with zero attached hydrogens (tertiary/aromatic N) is 5. The number of rotatable bonds is 6. The van der Waals surface area contributed by atoms with E-state index < -0.39 is 159 Å². The molecule has 13 rings (SSSR count). The minimum absolute atomic E-state index is 0.0615. The van der Waals surface area contributed by atoms with Crippen molar-refractivity contribution in [1.29, 1.82) is 0 Å². The predicted molar refractivity (Wildman–Crippen MR) is 258 cm³/mol. The molecule has 6 heteroatoms. The predicted octanol–water partition coefficient (Wildman–Crippen LogP) is 14.6. The molecule has 0 N–H and O–H groups in total. The van der Waals surface area contributed by atoms with Crippen LogP contribution in [0.2, 0.25) is 0 Å². The molecule has 0 aliphatic rings. The van der Waals surface area contributed by atoms with Crippen molar-refractivity contribution >= 4 is 65.6 Å². The SMILES string of the molecule is [2H]c1ccc(-c2nc(-c3cccc4c3oc3cccc(-c5ccccc5)c34)nc(-n3c4c([2H])c([2H])c([2H])c([2H])c4c4c([2H])c([2H])c5c6c([2H])c([2H])c([2H])c([2H])c6n(-c6c([2H])c([2H])c([2H])c(-c7c([2H])c([2H])c([2H])c([2H])c7[2H])c6[2H])c5c43)n2)cc1. The molecule has 63 heavy (non-hydrogen) atoms. The second-order valence-electron chi connectivity index (χ2n) is 14.4. The zero-order valence-electron chi connectivity index (χ0n) is 52.3. The molecule has 0 aliphatic heterocycles. The third-order valence-corrected chi connectivity index (χ3v) is 11.0. The van der Waals surface area contributed by atoms with E-state index in [1.54, 1.807) is 24.3 Å². The van der Waals surface area contributed by atoms with Gasteiger partial charge in [0.25, 0.3) is 0 Å². The van der Waals surface area contributed by atoms with Crippen LogP contribution in [0, 0.1) is 0 Å². The van der Waals surface area contributed by atoms with Crippen LogP contribution in [0.15, 0.2) is 216 Å². The lowest BCUT2D eigenvalue weighted by atomic mass is 9.99. The van der Waals surface area contributed by atoms with Crippen molar-refractivity contribution in [3.8, 4) is 56.7 Å². The first-order chi connectivity index (χ1) is 39.6. The summed E-state index contributed by atoms with van der Waals surface area (Å²) in [4.78, 5) is 15.0. The first-order valence-electron chi connectivity index (χ1n) is 29.6. The zero-order valence-corrected chi connectivity index (χ0v) is 32.3. The van der Waals surface area contributed by atoms with Crippen molar-refractivity contribution < 1.29 is 31.8 Å². The Balaban J connectivity index is 1.27. The average Bonchev–Trinajstić information content (AvgIpc) is 1.56. The smallest absolute Gasteiger partial charge is 0.238 e. The largest absolute Gasteiger partial charge is 0.455 e. The van der Waals surface area contributed by atoms with Crippen molar-refractivity contribution in [3.63, 3.8) is 0 Å². The Kier molecular flexibility index (Phi) is 4.61. The summed E-state index contributed by atoms with van der Waals surface area (Å²) in [5.74, 6) is -0.553. The maximum Gasteiger partial charge on any atom is 0.238 e. The van der Waals surface area contributed by atoms with Crippen LogP contribution >= 0.6 is 0 Å². The third-order valence-electron chi connectivity index (χ3n) is 11.0. The molecule has 13 aromatic rings. The lowest BCUT2D eigenvalue weighted by Gasteiger charge is -2.14. The topological polar surface area (TPSA) is 61.7 Å². The van der Waals surface area contributed by atoms with Crippen LogP contribution < -0.4 is 0 Å².